The van der Waals surface area contributed by atoms with Gasteiger partial charge in [0.2, 0.25) is 0 Å². The molecular weight excluding hydrogens is 290 g/mol. The zero-order valence-corrected chi connectivity index (χ0v) is 13.8. The molecule has 1 aromatic heterocycles. The smallest absolute Gasteiger partial charge is 0.317 e. The number of urea groups is 1. The van der Waals surface area contributed by atoms with Gasteiger partial charge in [-0.3, -0.25) is 9.58 Å². The van der Waals surface area contributed by atoms with Gasteiger partial charge < -0.3 is 10.2 Å². The van der Waals surface area contributed by atoms with E-state index in [0.717, 1.165) is 45.1 Å². The van der Waals surface area contributed by atoms with E-state index in [4.69, 9.17) is 0 Å². The van der Waals surface area contributed by atoms with E-state index in [0.29, 0.717) is 6.54 Å². The van der Waals surface area contributed by atoms with Crippen molar-refractivity contribution in [2.45, 2.75) is 57.2 Å². The minimum absolute atomic E-state index is 0.0918. The van der Waals surface area contributed by atoms with Crippen molar-refractivity contribution in [1.82, 2.24) is 24.9 Å². The molecule has 1 N–H and O–H groups in total. The molecule has 126 valence electrons. The molecule has 1 atom stereocenters. The van der Waals surface area contributed by atoms with Gasteiger partial charge in [0.25, 0.3) is 0 Å². The molecule has 23 heavy (non-hydrogen) atoms. The monoisotopic (exact) mass is 317 g/mol. The van der Waals surface area contributed by atoms with Crippen LogP contribution in [-0.2, 0) is 6.54 Å². The summed E-state index contributed by atoms with van der Waals surface area (Å²) in [5.41, 5.74) is 1.28. The normalized spacial score (nSPS) is 25.7. The first kappa shape index (κ1) is 15.0. The second-order valence-electron chi connectivity index (χ2n) is 7.17. The van der Waals surface area contributed by atoms with Crippen LogP contribution in [0.4, 0.5) is 4.79 Å². The lowest BCUT2D eigenvalue weighted by molar-refractivity contribution is 0.122. The Hall–Kier alpha value is -1.56. The van der Waals surface area contributed by atoms with Crippen molar-refractivity contribution in [3.8, 4) is 0 Å². The zero-order chi connectivity index (χ0) is 15.6. The van der Waals surface area contributed by atoms with E-state index in [-0.39, 0.29) is 12.1 Å². The summed E-state index contributed by atoms with van der Waals surface area (Å²) in [7, 11) is 0. The Labute approximate surface area is 137 Å². The molecule has 1 saturated heterocycles. The van der Waals surface area contributed by atoms with E-state index in [1.165, 1.54) is 31.4 Å². The van der Waals surface area contributed by atoms with Gasteiger partial charge >= 0.3 is 6.03 Å². The maximum absolute atomic E-state index is 12.2. The number of hydrogen-bond acceptors (Lipinski definition) is 3. The molecule has 6 heteroatoms. The standard InChI is InChI=1S/C17H27N5O/c23-17(20-9-3-4-10-20)18-11-16-13-21(14-5-1-2-6-14)12-15-7-8-19-22(15)16/h7-8,14,16H,1-6,9-13H2,(H,18,23)/t16-/m0/s1. The van der Waals surface area contributed by atoms with Gasteiger partial charge in [-0.05, 0) is 31.7 Å². The van der Waals surface area contributed by atoms with Crippen LogP contribution in [0.5, 0.6) is 0 Å². The second kappa shape index (κ2) is 6.51. The van der Waals surface area contributed by atoms with E-state index in [1.54, 1.807) is 0 Å². The summed E-state index contributed by atoms with van der Waals surface area (Å²) < 4.78 is 2.12. The molecule has 0 spiro atoms. The average Bonchev–Trinajstić information content (AvgIpc) is 3.33. The summed E-state index contributed by atoms with van der Waals surface area (Å²) in [6.45, 7) is 4.48. The highest BCUT2D eigenvalue weighted by atomic mass is 16.2. The van der Waals surface area contributed by atoms with Crippen molar-refractivity contribution in [3.63, 3.8) is 0 Å². The van der Waals surface area contributed by atoms with Crippen molar-refractivity contribution in [2.24, 2.45) is 0 Å². The Morgan fingerprint density at radius 1 is 1.22 bits per heavy atom. The van der Waals surface area contributed by atoms with Crippen LogP contribution in [-0.4, -0.2) is 57.8 Å². The summed E-state index contributed by atoms with van der Waals surface area (Å²) in [5.74, 6) is 0. The number of nitrogens with one attached hydrogen (secondary N) is 1. The zero-order valence-electron chi connectivity index (χ0n) is 13.8. The van der Waals surface area contributed by atoms with Crippen LogP contribution < -0.4 is 5.32 Å². The van der Waals surface area contributed by atoms with Crippen molar-refractivity contribution in [2.75, 3.05) is 26.2 Å². The summed E-state index contributed by atoms with van der Waals surface area (Å²) in [6, 6.07) is 3.18. The first-order valence-corrected chi connectivity index (χ1v) is 9.10. The van der Waals surface area contributed by atoms with Gasteiger partial charge in [-0.1, -0.05) is 12.8 Å². The number of amides is 2. The fourth-order valence-corrected chi connectivity index (χ4v) is 4.35. The lowest BCUT2D eigenvalue weighted by atomic mass is 10.1. The Bertz CT molecular complexity index is 545. The minimum Gasteiger partial charge on any atom is -0.336 e. The molecule has 4 rings (SSSR count). The molecule has 1 saturated carbocycles. The van der Waals surface area contributed by atoms with Crippen LogP contribution >= 0.6 is 0 Å². The van der Waals surface area contributed by atoms with E-state index < -0.39 is 0 Å². The lowest BCUT2D eigenvalue weighted by Gasteiger charge is -2.37. The topological polar surface area (TPSA) is 53.4 Å². The number of fused-ring (bicyclic) bond motifs is 1. The maximum atomic E-state index is 12.2. The third kappa shape index (κ3) is 3.09. The molecule has 0 unspecified atom stereocenters. The number of hydrogen-bond donors (Lipinski definition) is 1. The Morgan fingerprint density at radius 3 is 2.78 bits per heavy atom. The van der Waals surface area contributed by atoms with Gasteiger partial charge in [-0.25, -0.2) is 4.79 Å². The SMILES string of the molecule is O=C(NC[C@H]1CN(C2CCCC2)Cc2ccnn21)N1CCCC1. The molecule has 6 nitrogen and oxygen atoms in total. The van der Waals surface area contributed by atoms with E-state index in [2.05, 4.69) is 26.1 Å². The molecule has 1 aromatic rings. The Balaban J connectivity index is 1.41. The summed E-state index contributed by atoms with van der Waals surface area (Å²) in [5, 5.41) is 7.64. The van der Waals surface area contributed by atoms with Crippen molar-refractivity contribution >= 4 is 6.03 Å². The van der Waals surface area contributed by atoms with Crippen LogP contribution in [0.15, 0.2) is 12.3 Å². The van der Waals surface area contributed by atoms with Crippen molar-refractivity contribution in [3.05, 3.63) is 18.0 Å². The van der Waals surface area contributed by atoms with Gasteiger partial charge in [-0.15, -0.1) is 0 Å². The first-order chi connectivity index (χ1) is 11.3. The Morgan fingerprint density at radius 2 is 2.00 bits per heavy atom. The number of likely N-dealkylation sites (tertiary alicyclic amines) is 1. The molecule has 3 aliphatic rings. The molecular formula is C17H27N5O. The molecule has 1 aliphatic carbocycles. The van der Waals surface area contributed by atoms with Crippen LogP contribution in [0, 0.1) is 0 Å². The van der Waals surface area contributed by atoms with Gasteiger partial charge in [0.05, 0.1) is 11.7 Å². The predicted molar refractivity (Wildman–Crippen MR) is 88.1 cm³/mol. The molecule has 0 aromatic carbocycles. The molecule has 2 fully saturated rings. The van der Waals surface area contributed by atoms with E-state index in [9.17, 15) is 4.79 Å². The molecule has 3 heterocycles. The number of nitrogens with zero attached hydrogens (tertiary/aromatic N) is 4. The van der Waals surface area contributed by atoms with E-state index in [1.807, 2.05) is 11.1 Å². The predicted octanol–water partition coefficient (Wildman–Crippen LogP) is 1.99. The lowest BCUT2D eigenvalue weighted by Crippen LogP contribution is -2.47. The minimum atomic E-state index is 0.0918. The van der Waals surface area contributed by atoms with Crippen molar-refractivity contribution < 1.29 is 4.79 Å². The largest absolute Gasteiger partial charge is 0.336 e. The highest BCUT2D eigenvalue weighted by Crippen LogP contribution is 2.29. The maximum Gasteiger partial charge on any atom is 0.317 e. The molecule has 0 bridgehead atoms. The highest BCUT2D eigenvalue weighted by molar-refractivity contribution is 5.74. The third-order valence-electron chi connectivity index (χ3n) is 5.63. The van der Waals surface area contributed by atoms with Gasteiger partial charge in [-0.2, -0.15) is 5.10 Å². The van der Waals surface area contributed by atoms with Gasteiger partial charge in [0.15, 0.2) is 0 Å². The van der Waals surface area contributed by atoms with E-state index >= 15 is 0 Å². The number of aromatic nitrogens is 2. The van der Waals surface area contributed by atoms with Crippen molar-refractivity contribution in [1.29, 1.82) is 0 Å². The number of carbonyl (C=O) groups excluding carboxylic acids is 1. The molecule has 2 amide bonds. The fraction of sp³-hybridized carbons (Fsp3) is 0.765. The van der Waals surface area contributed by atoms with Gasteiger partial charge in [0.1, 0.15) is 0 Å². The fourth-order valence-electron chi connectivity index (χ4n) is 4.35. The summed E-state index contributed by atoms with van der Waals surface area (Å²) >= 11 is 0. The molecule has 2 aliphatic heterocycles. The Kier molecular flexibility index (Phi) is 4.25. The number of rotatable bonds is 3. The van der Waals surface area contributed by atoms with Crippen LogP contribution in [0.25, 0.3) is 0 Å². The second-order valence-corrected chi connectivity index (χ2v) is 7.17. The quantitative estimate of drug-likeness (QED) is 0.927. The molecule has 0 radical (unpaired) electrons. The first-order valence-electron chi connectivity index (χ1n) is 9.10. The number of carbonyl (C=O) groups is 1. The van der Waals surface area contributed by atoms with Crippen LogP contribution in [0.1, 0.15) is 50.3 Å². The van der Waals surface area contributed by atoms with Crippen LogP contribution in [0.2, 0.25) is 0 Å². The van der Waals surface area contributed by atoms with Crippen LogP contribution in [0.3, 0.4) is 0 Å². The summed E-state index contributed by atoms with van der Waals surface area (Å²) in [6.07, 6.45) is 9.52. The summed E-state index contributed by atoms with van der Waals surface area (Å²) in [4.78, 5) is 16.8. The average molecular weight is 317 g/mol. The third-order valence-corrected chi connectivity index (χ3v) is 5.63. The highest BCUT2D eigenvalue weighted by Gasteiger charge is 2.31. The van der Waals surface area contributed by atoms with Gasteiger partial charge in [0, 0.05) is 45.0 Å².